The largest absolute Gasteiger partial charge is 0.478 e. The van der Waals surface area contributed by atoms with Crippen LogP contribution >= 0.6 is 0 Å². The lowest BCUT2D eigenvalue weighted by Crippen LogP contribution is -2.31. The van der Waals surface area contributed by atoms with E-state index in [0.29, 0.717) is 5.82 Å². The molecule has 26 heavy (non-hydrogen) atoms. The van der Waals surface area contributed by atoms with Gasteiger partial charge in [-0.2, -0.15) is 4.72 Å². The summed E-state index contributed by atoms with van der Waals surface area (Å²) in [6.07, 6.45) is 3.31. The zero-order valence-electron chi connectivity index (χ0n) is 13.9. The molecule has 0 saturated heterocycles. The molecule has 0 fully saturated rings. The van der Waals surface area contributed by atoms with Gasteiger partial charge in [0.05, 0.1) is 10.5 Å². The van der Waals surface area contributed by atoms with Crippen LogP contribution in [-0.4, -0.2) is 29.0 Å². The van der Waals surface area contributed by atoms with Gasteiger partial charge in [-0.15, -0.1) is 0 Å². The summed E-state index contributed by atoms with van der Waals surface area (Å²) in [5.74, 6) is -0.667. The predicted molar refractivity (Wildman–Crippen MR) is 95.2 cm³/mol. The van der Waals surface area contributed by atoms with E-state index in [4.69, 9.17) is 5.11 Å². The number of carbonyl (C=O) groups is 1. The highest BCUT2D eigenvalue weighted by Gasteiger charge is 2.26. The van der Waals surface area contributed by atoms with Crippen molar-refractivity contribution in [2.24, 2.45) is 7.05 Å². The first-order valence-corrected chi connectivity index (χ1v) is 9.24. The number of aromatic nitrogens is 2. The van der Waals surface area contributed by atoms with Crippen LogP contribution in [0.25, 0.3) is 0 Å². The Kier molecular flexibility index (Phi) is 4.88. The Morgan fingerprint density at radius 1 is 1.15 bits per heavy atom. The highest BCUT2D eigenvalue weighted by Crippen LogP contribution is 2.23. The van der Waals surface area contributed by atoms with Crippen molar-refractivity contribution in [1.29, 1.82) is 0 Å². The average Bonchev–Trinajstić information content (AvgIpc) is 3.06. The maximum absolute atomic E-state index is 12.9. The molecule has 3 aromatic rings. The summed E-state index contributed by atoms with van der Waals surface area (Å²) in [6.45, 7) is 0. The van der Waals surface area contributed by atoms with Gasteiger partial charge in [-0.1, -0.05) is 36.4 Å². The Balaban J connectivity index is 2.03. The van der Waals surface area contributed by atoms with Crippen molar-refractivity contribution in [1.82, 2.24) is 14.3 Å². The third kappa shape index (κ3) is 3.66. The summed E-state index contributed by atoms with van der Waals surface area (Å²) < 4.78 is 30.1. The number of aromatic carboxylic acids is 1. The standard InChI is InChI=1S/C18H17N3O4S/c1-21-11-10-19-17(21)16(13-6-3-2-4-7-13)20-26(24,25)15-9-5-8-14(12-15)18(22)23/h2-12,16,20H,1H3,(H,22,23)/t16-/m0/s1. The summed E-state index contributed by atoms with van der Waals surface area (Å²) in [7, 11) is -2.20. The number of nitrogens with one attached hydrogen (secondary N) is 1. The van der Waals surface area contributed by atoms with Crippen molar-refractivity contribution in [3.8, 4) is 0 Å². The molecule has 2 N–H and O–H groups in total. The molecular formula is C18H17N3O4S. The Hall–Kier alpha value is -2.97. The van der Waals surface area contributed by atoms with Crippen LogP contribution in [0.4, 0.5) is 0 Å². The second kappa shape index (κ2) is 7.11. The fourth-order valence-electron chi connectivity index (χ4n) is 2.59. The molecule has 0 aliphatic carbocycles. The first-order valence-electron chi connectivity index (χ1n) is 7.76. The summed E-state index contributed by atoms with van der Waals surface area (Å²) in [5.41, 5.74) is 0.626. The number of carboxylic acids is 1. The maximum atomic E-state index is 12.9. The minimum absolute atomic E-state index is 0.0962. The molecule has 7 nitrogen and oxygen atoms in total. The van der Waals surface area contributed by atoms with Gasteiger partial charge in [-0.25, -0.2) is 18.2 Å². The van der Waals surface area contributed by atoms with Crippen LogP contribution in [0.1, 0.15) is 27.8 Å². The third-order valence-electron chi connectivity index (χ3n) is 3.91. The predicted octanol–water partition coefficient (Wildman–Crippen LogP) is 2.19. The number of aryl methyl sites for hydroxylation is 1. The molecule has 1 aromatic heterocycles. The van der Waals surface area contributed by atoms with E-state index in [1.54, 1.807) is 36.1 Å². The second-order valence-corrected chi connectivity index (χ2v) is 7.41. The van der Waals surface area contributed by atoms with Crippen molar-refractivity contribution >= 4 is 16.0 Å². The Morgan fingerprint density at radius 2 is 1.88 bits per heavy atom. The van der Waals surface area contributed by atoms with Gasteiger partial charge < -0.3 is 9.67 Å². The molecule has 0 bridgehead atoms. The Labute approximate surface area is 151 Å². The second-order valence-electron chi connectivity index (χ2n) is 5.69. The summed E-state index contributed by atoms with van der Waals surface area (Å²) in [5, 5.41) is 9.09. The molecule has 0 saturated carbocycles. The first kappa shape index (κ1) is 17.8. The molecule has 0 unspecified atom stereocenters. The van der Waals surface area contributed by atoms with Crippen molar-refractivity contribution in [3.05, 3.63) is 83.9 Å². The minimum Gasteiger partial charge on any atom is -0.478 e. The highest BCUT2D eigenvalue weighted by molar-refractivity contribution is 7.89. The van der Waals surface area contributed by atoms with Crippen LogP contribution in [0.2, 0.25) is 0 Å². The molecule has 1 heterocycles. The topological polar surface area (TPSA) is 101 Å². The normalized spacial score (nSPS) is 12.7. The van der Waals surface area contributed by atoms with Crippen LogP contribution in [0, 0.1) is 0 Å². The fourth-order valence-corrected chi connectivity index (χ4v) is 3.82. The Bertz CT molecular complexity index is 1030. The third-order valence-corrected chi connectivity index (χ3v) is 5.33. The monoisotopic (exact) mass is 371 g/mol. The van der Waals surface area contributed by atoms with E-state index in [9.17, 15) is 13.2 Å². The van der Waals surface area contributed by atoms with Gasteiger partial charge in [0, 0.05) is 19.4 Å². The highest BCUT2D eigenvalue weighted by atomic mass is 32.2. The van der Waals surface area contributed by atoms with Gasteiger partial charge in [-0.3, -0.25) is 0 Å². The van der Waals surface area contributed by atoms with E-state index in [1.807, 2.05) is 18.2 Å². The van der Waals surface area contributed by atoms with Gasteiger partial charge in [0.25, 0.3) is 0 Å². The number of benzene rings is 2. The molecule has 0 radical (unpaired) electrons. The molecular weight excluding hydrogens is 354 g/mol. The van der Waals surface area contributed by atoms with Gasteiger partial charge in [0.15, 0.2) is 0 Å². The van der Waals surface area contributed by atoms with Crippen LogP contribution in [0.15, 0.2) is 71.9 Å². The lowest BCUT2D eigenvalue weighted by atomic mass is 10.1. The van der Waals surface area contributed by atoms with Gasteiger partial charge in [0.1, 0.15) is 11.9 Å². The molecule has 0 spiro atoms. The van der Waals surface area contributed by atoms with Crippen molar-refractivity contribution in [2.75, 3.05) is 0 Å². The number of imidazole rings is 1. The summed E-state index contributed by atoms with van der Waals surface area (Å²) >= 11 is 0. The number of nitrogens with zero attached hydrogens (tertiary/aromatic N) is 2. The van der Waals surface area contributed by atoms with E-state index in [1.165, 1.54) is 18.2 Å². The maximum Gasteiger partial charge on any atom is 0.335 e. The van der Waals surface area contributed by atoms with E-state index < -0.39 is 22.0 Å². The fraction of sp³-hybridized carbons (Fsp3) is 0.111. The quantitative estimate of drug-likeness (QED) is 0.692. The molecule has 8 heteroatoms. The molecule has 1 atom stereocenters. The first-order chi connectivity index (χ1) is 12.4. The summed E-state index contributed by atoms with van der Waals surface area (Å²) in [6, 6.07) is 13.6. The zero-order chi connectivity index (χ0) is 18.7. The number of carboxylic acid groups (broad SMARTS) is 1. The van der Waals surface area contributed by atoms with E-state index in [-0.39, 0.29) is 10.5 Å². The van der Waals surface area contributed by atoms with Crippen molar-refractivity contribution in [3.63, 3.8) is 0 Å². The summed E-state index contributed by atoms with van der Waals surface area (Å²) in [4.78, 5) is 15.3. The number of rotatable bonds is 6. The van der Waals surface area contributed by atoms with Crippen LogP contribution < -0.4 is 4.72 Å². The number of hydrogen-bond acceptors (Lipinski definition) is 4. The molecule has 134 valence electrons. The van der Waals surface area contributed by atoms with Gasteiger partial charge in [0.2, 0.25) is 10.0 Å². The van der Waals surface area contributed by atoms with Crippen LogP contribution in [0.3, 0.4) is 0 Å². The lowest BCUT2D eigenvalue weighted by molar-refractivity contribution is 0.0696. The van der Waals surface area contributed by atoms with Crippen molar-refractivity contribution in [2.45, 2.75) is 10.9 Å². The molecule has 0 aliphatic heterocycles. The lowest BCUT2D eigenvalue weighted by Gasteiger charge is -2.19. The van der Waals surface area contributed by atoms with Crippen LogP contribution in [0.5, 0.6) is 0 Å². The van der Waals surface area contributed by atoms with E-state index in [2.05, 4.69) is 9.71 Å². The van der Waals surface area contributed by atoms with Crippen LogP contribution in [-0.2, 0) is 17.1 Å². The Morgan fingerprint density at radius 3 is 2.50 bits per heavy atom. The molecule has 2 aromatic carbocycles. The van der Waals surface area contributed by atoms with E-state index in [0.717, 1.165) is 11.6 Å². The zero-order valence-corrected chi connectivity index (χ0v) is 14.7. The SMILES string of the molecule is Cn1ccnc1[C@@H](NS(=O)(=O)c1cccc(C(=O)O)c1)c1ccccc1. The average molecular weight is 371 g/mol. The van der Waals surface area contributed by atoms with Crippen molar-refractivity contribution < 1.29 is 18.3 Å². The molecule has 0 amide bonds. The molecule has 0 aliphatic rings. The molecule has 3 rings (SSSR count). The van der Waals surface area contributed by atoms with Gasteiger partial charge >= 0.3 is 5.97 Å². The van der Waals surface area contributed by atoms with E-state index >= 15 is 0 Å². The number of sulfonamides is 1. The minimum atomic E-state index is -3.97. The van der Waals surface area contributed by atoms with Gasteiger partial charge in [-0.05, 0) is 23.8 Å². The smallest absolute Gasteiger partial charge is 0.335 e. The number of hydrogen-bond donors (Lipinski definition) is 2.